The zero-order chi connectivity index (χ0) is 17.6. The molecule has 134 valence electrons. The third kappa shape index (κ3) is 5.11. The van der Waals surface area contributed by atoms with Crippen LogP contribution in [0.2, 0.25) is 10.0 Å². The van der Waals surface area contributed by atoms with Gasteiger partial charge in [0.1, 0.15) is 11.8 Å². The smallest absolute Gasteiger partial charge is 0.258 e. The van der Waals surface area contributed by atoms with Gasteiger partial charge in [0.2, 0.25) is 0 Å². The fraction of sp³-hybridized carbons (Fsp3) is 0.389. The van der Waals surface area contributed by atoms with E-state index in [1.807, 2.05) is 0 Å². The average molecular weight is 400 g/mol. The Morgan fingerprint density at radius 1 is 1.28 bits per heavy atom. The minimum absolute atomic E-state index is 0.0617. The number of quaternary nitrogens is 1. The lowest BCUT2D eigenvalue weighted by atomic mass is 10.2. The summed E-state index contributed by atoms with van der Waals surface area (Å²) in [6.07, 6.45) is 2.51. The highest BCUT2D eigenvalue weighted by atomic mass is 35.5. The molecule has 1 atom stereocenters. The van der Waals surface area contributed by atoms with Crippen molar-refractivity contribution in [3.05, 3.63) is 50.6 Å². The number of carbonyl (C=O) groups is 1. The van der Waals surface area contributed by atoms with Gasteiger partial charge in [0.25, 0.3) is 5.91 Å². The molecule has 2 heterocycles. The highest BCUT2D eigenvalue weighted by Gasteiger charge is 2.28. The van der Waals surface area contributed by atoms with Crippen molar-refractivity contribution < 1.29 is 14.4 Å². The van der Waals surface area contributed by atoms with Gasteiger partial charge < -0.3 is 15.0 Å². The van der Waals surface area contributed by atoms with Crippen LogP contribution in [-0.2, 0) is 4.79 Å². The lowest BCUT2D eigenvalue weighted by Crippen LogP contribution is -3.11. The van der Waals surface area contributed by atoms with Crippen LogP contribution in [0.3, 0.4) is 0 Å². The number of hydrogen-bond acceptors (Lipinski definition) is 3. The fourth-order valence-corrected chi connectivity index (χ4v) is 4.46. The van der Waals surface area contributed by atoms with Crippen molar-refractivity contribution in [1.82, 2.24) is 5.32 Å². The first kappa shape index (κ1) is 18.5. The standard InChI is InChI=1S/C18H20Cl2N2O2S/c19-13-5-6-16(14(20)10-13)24-12-18(23)21-11-15(17-4-3-9-25-17)22-7-1-2-8-22/h3-6,9-10,15H,1-2,7-8,11-12H2,(H,21,23)/p+1/t15-/m1/s1. The van der Waals surface area contributed by atoms with Gasteiger partial charge in [-0.25, -0.2) is 0 Å². The van der Waals surface area contributed by atoms with Crippen LogP contribution in [0.4, 0.5) is 0 Å². The predicted molar refractivity (Wildman–Crippen MR) is 102 cm³/mol. The Balaban J connectivity index is 1.53. The topological polar surface area (TPSA) is 42.8 Å². The molecule has 1 aromatic heterocycles. The van der Waals surface area contributed by atoms with Crippen molar-refractivity contribution in [2.24, 2.45) is 0 Å². The van der Waals surface area contributed by atoms with Crippen LogP contribution in [0.5, 0.6) is 5.75 Å². The Kier molecular flexibility index (Phi) is 6.59. The lowest BCUT2D eigenvalue weighted by molar-refractivity contribution is -0.918. The summed E-state index contributed by atoms with van der Waals surface area (Å²) in [4.78, 5) is 15.0. The summed E-state index contributed by atoms with van der Waals surface area (Å²) in [6, 6.07) is 9.48. The van der Waals surface area contributed by atoms with Gasteiger partial charge in [-0.05, 0) is 29.6 Å². The van der Waals surface area contributed by atoms with Gasteiger partial charge in [-0.2, -0.15) is 0 Å². The molecule has 2 N–H and O–H groups in total. The number of rotatable bonds is 7. The number of halogens is 2. The minimum Gasteiger partial charge on any atom is -0.482 e. The van der Waals surface area contributed by atoms with E-state index in [1.165, 1.54) is 17.7 Å². The van der Waals surface area contributed by atoms with Crippen LogP contribution in [0, 0.1) is 0 Å². The van der Waals surface area contributed by atoms with Crippen molar-refractivity contribution in [2.75, 3.05) is 26.2 Å². The molecule has 0 radical (unpaired) electrons. The quantitative estimate of drug-likeness (QED) is 0.751. The van der Waals surface area contributed by atoms with Gasteiger partial charge >= 0.3 is 0 Å². The monoisotopic (exact) mass is 399 g/mol. The maximum absolute atomic E-state index is 12.2. The van der Waals surface area contributed by atoms with Crippen molar-refractivity contribution in [3.63, 3.8) is 0 Å². The average Bonchev–Trinajstić information content (AvgIpc) is 3.28. The second kappa shape index (κ2) is 8.90. The molecule has 0 spiro atoms. The normalized spacial score (nSPS) is 15.9. The first-order valence-corrected chi connectivity index (χ1v) is 9.99. The van der Waals surface area contributed by atoms with E-state index in [0.29, 0.717) is 28.4 Å². The number of carbonyl (C=O) groups excluding carboxylic acids is 1. The van der Waals surface area contributed by atoms with Crippen LogP contribution in [0.1, 0.15) is 23.8 Å². The summed E-state index contributed by atoms with van der Waals surface area (Å²) in [5.74, 6) is 0.312. The molecule has 0 saturated carbocycles. The summed E-state index contributed by atoms with van der Waals surface area (Å²) >= 11 is 13.7. The molecule has 2 aromatic rings. The molecule has 0 unspecified atom stereocenters. The molecule has 3 rings (SSSR count). The van der Waals surface area contributed by atoms with E-state index < -0.39 is 0 Å². The number of nitrogens with one attached hydrogen (secondary N) is 2. The van der Waals surface area contributed by atoms with Gasteiger partial charge in [-0.3, -0.25) is 4.79 Å². The molecule has 7 heteroatoms. The molecule has 1 amide bonds. The third-order valence-electron chi connectivity index (χ3n) is 4.38. The van der Waals surface area contributed by atoms with Crippen LogP contribution in [-0.4, -0.2) is 32.1 Å². The molecular weight excluding hydrogens is 379 g/mol. The number of ether oxygens (including phenoxy) is 1. The van der Waals surface area contributed by atoms with Gasteiger partial charge in [-0.1, -0.05) is 29.3 Å². The highest BCUT2D eigenvalue weighted by Crippen LogP contribution is 2.27. The maximum atomic E-state index is 12.2. The van der Waals surface area contributed by atoms with Crippen molar-refractivity contribution in [1.29, 1.82) is 0 Å². The molecule has 1 saturated heterocycles. The van der Waals surface area contributed by atoms with E-state index in [0.717, 1.165) is 13.1 Å². The van der Waals surface area contributed by atoms with Crippen LogP contribution in [0.15, 0.2) is 35.7 Å². The van der Waals surface area contributed by atoms with E-state index >= 15 is 0 Å². The molecule has 1 fully saturated rings. The predicted octanol–water partition coefficient (Wildman–Crippen LogP) is 2.97. The van der Waals surface area contributed by atoms with E-state index in [9.17, 15) is 4.79 Å². The first-order valence-electron chi connectivity index (χ1n) is 8.36. The summed E-state index contributed by atoms with van der Waals surface area (Å²) in [7, 11) is 0. The molecule has 1 aromatic carbocycles. The third-order valence-corrected chi connectivity index (χ3v) is 5.90. The largest absolute Gasteiger partial charge is 0.482 e. The summed E-state index contributed by atoms with van der Waals surface area (Å²) in [5.41, 5.74) is 0. The molecule has 0 aliphatic carbocycles. The summed E-state index contributed by atoms with van der Waals surface area (Å²) in [5, 5.41) is 6.03. The van der Waals surface area contributed by atoms with E-state index in [2.05, 4.69) is 22.8 Å². The Labute approximate surface area is 161 Å². The molecule has 4 nitrogen and oxygen atoms in total. The van der Waals surface area contributed by atoms with Crippen LogP contribution < -0.4 is 15.0 Å². The zero-order valence-corrected chi connectivity index (χ0v) is 16.1. The van der Waals surface area contributed by atoms with Crippen molar-refractivity contribution in [2.45, 2.75) is 18.9 Å². The SMILES string of the molecule is O=C(COc1ccc(Cl)cc1Cl)NC[C@H](c1cccs1)[NH+]1CCCC1. The van der Waals surface area contributed by atoms with Crippen molar-refractivity contribution >= 4 is 40.4 Å². The van der Waals surface area contributed by atoms with E-state index in [1.54, 1.807) is 34.4 Å². The Morgan fingerprint density at radius 3 is 2.76 bits per heavy atom. The van der Waals surface area contributed by atoms with Gasteiger partial charge in [-0.15, -0.1) is 11.3 Å². The second-order valence-electron chi connectivity index (χ2n) is 6.10. The van der Waals surface area contributed by atoms with Crippen LogP contribution >= 0.6 is 34.5 Å². The number of hydrogen-bond donors (Lipinski definition) is 2. The van der Waals surface area contributed by atoms with Gasteiger partial charge in [0.05, 0.1) is 29.5 Å². The maximum Gasteiger partial charge on any atom is 0.258 e. The van der Waals surface area contributed by atoms with Crippen LogP contribution in [0.25, 0.3) is 0 Å². The summed E-state index contributed by atoms with van der Waals surface area (Å²) in [6.45, 7) is 2.88. The number of likely N-dealkylation sites (tertiary alicyclic amines) is 1. The molecule has 1 aliphatic heterocycles. The Bertz CT molecular complexity index is 703. The van der Waals surface area contributed by atoms with E-state index in [4.69, 9.17) is 27.9 Å². The lowest BCUT2D eigenvalue weighted by Gasteiger charge is -2.24. The molecule has 1 aliphatic rings. The number of benzene rings is 1. The first-order chi connectivity index (χ1) is 12.1. The Hall–Kier alpha value is -1.27. The second-order valence-corrected chi connectivity index (χ2v) is 7.92. The Morgan fingerprint density at radius 2 is 2.08 bits per heavy atom. The molecule has 0 bridgehead atoms. The minimum atomic E-state index is -0.147. The zero-order valence-electron chi connectivity index (χ0n) is 13.8. The van der Waals surface area contributed by atoms with Gasteiger partial charge in [0, 0.05) is 17.9 Å². The van der Waals surface area contributed by atoms with E-state index in [-0.39, 0.29) is 12.5 Å². The summed E-state index contributed by atoms with van der Waals surface area (Å²) < 4.78 is 5.50. The number of thiophene rings is 1. The van der Waals surface area contributed by atoms with Gasteiger partial charge in [0.15, 0.2) is 6.61 Å². The molecule has 25 heavy (non-hydrogen) atoms. The fourth-order valence-electron chi connectivity index (χ4n) is 3.12. The molecular formula is C18H21Cl2N2O2S+. The highest BCUT2D eigenvalue weighted by molar-refractivity contribution is 7.10. The van der Waals surface area contributed by atoms with Crippen molar-refractivity contribution in [3.8, 4) is 5.75 Å². The number of amides is 1.